The molecule has 2 bridgehead atoms. The van der Waals surface area contributed by atoms with Gasteiger partial charge in [0.1, 0.15) is 5.54 Å². The molecule has 2 saturated heterocycles. The minimum Gasteiger partial charge on any atom is -0.303 e. The molecule has 4 heteroatoms. The number of hydrogen-bond acceptors (Lipinski definition) is 4. The molecule has 90 valence electrons. The Balaban J connectivity index is 1.72. The minimum absolute atomic E-state index is 0.281. The Morgan fingerprint density at radius 1 is 1.59 bits per heavy atom. The number of nitrogens with zero attached hydrogens (tertiary/aromatic N) is 2. The molecule has 0 aromatic carbocycles. The average molecular weight is 247 g/mol. The zero-order valence-corrected chi connectivity index (χ0v) is 10.7. The summed E-state index contributed by atoms with van der Waals surface area (Å²) in [5, 5.41) is 15.2. The predicted octanol–water partition coefficient (Wildman–Crippen LogP) is 1.83. The lowest BCUT2D eigenvalue weighted by molar-refractivity contribution is 0.174. The lowest BCUT2D eigenvalue weighted by Gasteiger charge is -2.38. The summed E-state index contributed by atoms with van der Waals surface area (Å²) < 4.78 is 0. The van der Waals surface area contributed by atoms with Gasteiger partial charge in [-0.2, -0.15) is 5.26 Å². The second kappa shape index (κ2) is 4.41. The Hall–Kier alpha value is -0.890. The van der Waals surface area contributed by atoms with Crippen LogP contribution in [-0.2, 0) is 6.54 Å². The van der Waals surface area contributed by atoms with Gasteiger partial charge in [-0.05, 0) is 30.8 Å². The van der Waals surface area contributed by atoms with Crippen LogP contribution in [-0.4, -0.2) is 30.1 Å². The first-order chi connectivity index (χ1) is 8.32. The van der Waals surface area contributed by atoms with Gasteiger partial charge in [0.2, 0.25) is 0 Å². The highest BCUT2D eigenvalue weighted by Crippen LogP contribution is 2.35. The van der Waals surface area contributed by atoms with Crippen LogP contribution in [0.4, 0.5) is 0 Å². The van der Waals surface area contributed by atoms with E-state index in [0.717, 1.165) is 26.1 Å². The molecule has 0 amide bonds. The molecule has 2 aliphatic rings. The SMILES string of the molecule is N#CC1(NCc2cccs2)CCN2CCC1C2. The second-order valence-corrected chi connectivity index (χ2v) is 6.08. The van der Waals surface area contributed by atoms with Crippen molar-refractivity contribution in [2.75, 3.05) is 19.6 Å². The Bertz CT molecular complexity index is 422. The molecule has 0 aliphatic carbocycles. The number of piperidine rings is 1. The molecule has 2 fully saturated rings. The summed E-state index contributed by atoms with van der Waals surface area (Å²) in [6, 6.07) is 6.77. The highest BCUT2D eigenvalue weighted by Gasteiger charge is 2.46. The van der Waals surface area contributed by atoms with Gasteiger partial charge in [0, 0.05) is 30.4 Å². The Morgan fingerprint density at radius 2 is 2.53 bits per heavy atom. The van der Waals surface area contributed by atoms with Gasteiger partial charge in [0.25, 0.3) is 0 Å². The number of hydrogen-bond donors (Lipinski definition) is 1. The summed E-state index contributed by atoms with van der Waals surface area (Å²) in [6.07, 6.45) is 2.14. The minimum atomic E-state index is -0.281. The number of thiophene rings is 1. The van der Waals surface area contributed by atoms with Crippen molar-refractivity contribution in [3.63, 3.8) is 0 Å². The number of fused-ring (bicyclic) bond motifs is 2. The van der Waals surface area contributed by atoms with Crippen molar-refractivity contribution < 1.29 is 0 Å². The van der Waals surface area contributed by atoms with Gasteiger partial charge in [-0.3, -0.25) is 5.32 Å². The van der Waals surface area contributed by atoms with E-state index in [-0.39, 0.29) is 5.54 Å². The third-order valence-corrected chi connectivity index (χ3v) is 5.03. The number of nitrogens with one attached hydrogen (secondary N) is 1. The average Bonchev–Trinajstić information content (AvgIpc) is 3.00. The zero-order valence-electron chi connectivity index (χ0n) is 9.85. The van der Waals surface area contributed by atoms with Crippen LogP contribution in [0.25, 0.3) is 0 Å². The van der Waals surface area contributed by atoms with E-state index in [1.54, 1.807) is 11.3 Å². The molecule has 3 unspecified atom stereocenters. The van der Waals surface area contributed by atoms with Crippen LogP contribution in [0.2, 0.25) is 0 Å². The highest BCUT2D eigenvalue weighted by atomic mass is 32.1. The maximum atomic E-state index is 9.56. The normalized spacial score (nSPS) is 35.7. The lowest BCUT2D eigenvalue weighted by Crippen LogP contribution is -2.54. The van der Waals surface area contributed by atoms with Crippen LogP contribution < -0.4 is 5.32 Å². The standard InChI is InChI=1S/C13H17N3S/c14-10-13(15-8-12-2-1-7-17-12)4-6-16-5-3-11(13)9-16/h1-2,7,11,15H,3-6,8-9H2. The highest BCUT2D eigenvalue weighted by molar-refractivity contribution is 7.09. The summed E-state index contributed by atoms with van der Waals surface area (Å²) in [5.41, 5.74) is -0.281. The molecule has 1 N–H and O–H groups in total. The lowest BCUT2D eigenvalue weighted by atomic mass is 9.80. The monoisotopic (exact) mass is 247 g/mol. The molecule has 1 aromatic heterocycles. The molecule has 1 aromatic rings. The van der Waals surface area contributed by atoms with Crippen LogP contribution in [0.15, 0.2) is 17.5 Å². The van der Waals surface area contributed by atoms with Gasteiger partial charge in [0.05, 0.1) is 6.07 Å². The van der Waals surface area contributed by atoms with E-state index in [0.29, 0.717) is 5.92 Å². The van der Waals surface area contributed by atoms with Gasteiger partial charge in [-0.25, -0.2) is 0 Å². The fourth-order valence-electron chi connectivity index (χ4n) is 3.05. The van der Waals surface area contributed by atoms with Crippen molar-refractivity contribution in [2.45, 2.75) is 24.9 Å². The van der Waals surface area contributed by atoms with E-state index in [4.69, 9.17) is 0 Å². The van der Waals surface area contributed by atoms with Gasteiger partial charge >= 0.3 is 0 Å². The van der Waals surface area contributed by atoms with Crippen LogP contribution in [0.3, 0.4) is 0 Å². The zero-order chi connectivity index (χ0) is 11.7. The summed E-state index contributed by atoms with van der Waals surface area (Å²) in [5.74, 6) is 0.515. The van der Waals surface area contributed by atoms with Crippen LogP contribution in [0.5, 0.6) is 0 Å². The molecule has 3 rings (SSSR count). The van der Waals surface area contributed by atoms with E-state index >= 15 is 0 Å². The fraction of sp³-hybridized carbons (Fsp3) is 0.615. The van der Waals surface area contributed by atoms with Gasteiger partial charge in [-0.15, -0.1) is 11.3 Å². The van der Waals surface area contributed by atoms with Crippen molar-refractivity contribution in [2.24, 2.45) is 5.92 Å². The Labute approximate surface area is 106 Å². The van der Waals surface area contributed by atoms with Gasteiger partial charge in [0.15, 0.2) is 0 Å². The first-order valence-corrected chi connectivity index (χ1v) is 7.11. The van der Waals surface area contributed by atoms with Crippen molar-refractivity contribution in [3.05, 3.63) is 22.4 Å². The molecule has 0 spiro atoms. The van der Waals surface area contributed by atoms with Crippen molar-refractivity contribution >= 4 is 11.3 Å². The third kappa shape index (κ3) is 1.99. The summed E-state index contributed by atoms with van der Waals surface area (Å²) in [7, 11) is 0. The molecule has 3 heterocycles. The first kappa shape index (κ1) is 11.2. The maximum absolute atomic E-state index is 9.56. The van der Waals surface area contributed by atoms with E-state index in [1.807, 2.05) is 0 Å². The fourth-order valence-corrected chi connectivity index (χ4v) is 3.70. The van der Waals surface area contributed by atoms with Crippen molar-refractivity contribution in [1.29, 1.82) is 5.26 Å². The molecule has 17 heavy (non-hydrogen) atoms. The Morgan fingerprint density at radius 3 is 3.29 bits per heavy atom. The molecule has 3 atom stereocenters. The molecule has 3 nitrogen and oxygen atoms in total. The Kier molecular flexibility index (Phi) is 2.91. The van der Waals surface area contributed by atoms with E-state index in [2.05, 4.69) is 33.8 Å². The van der Waals surface area contributed by atoms with Crippen LogP contribution in [0, 0.1) is 17.2 Å². The van der Waals surface area contributed by atoms with E-state index in [9.17, 15) is 5.26 Å². The molecule has 0 radical (unpaired) electrons. The molecule has 2 aliphatic heterocycles. The molecular formula is C13H17N3S. The maximum Gasteiger partial charge on any atom is 0.112 e. The quantitative estimate of drug-likeness (QED) is 0.885. The third-order valence-electron chi connectivity index (χ3n) is 4.15. The van der Waals surface area contributed by atoms with Crippen LogP contribution >= 0.6 is 11.3 Å². The second-order valence-electron chi connectivity index (χ2n) is 5.05. The van der Waals surface area contributed by atoms with E-state index in [1.165, 1.54) is 17.8 Å². The van der Waals surface area contributed by atoms with Crippen LogP contribution in [0.1, 0.15) is 17.7 Å². The topological polar surface area (TPSA) is 39.1 Å². The van der Waals surface area contributed by atoms with Gasteiger partial charge in [-0.1, -0.05) is 6.07 Å². The summed E-state index contributed by atoms with van der Waals surface area (Å²) >= 11 is 1.76. The molecular weight excluding hydrogens is 230 g/mol. The smallest absolute Gasteiger partial charge is 0.112 e. The van der Waals surface area contributed by atoms with Crippen molar-refractivity contribution in [3.8, 4) is 6.07 Å². The number of rotatable bonds is 3. The largest absolute Gasteiger partial charge is 0.303 e. The van der Waals surface area contributed by atoms with Gasteiger partial charge < -0.3 is 4.90 Å². The van der Waals surface area contributed by atoms with Crippen molar-refractivity contribution in [1.82, 2.24) is 10.2 Å². The number of nitriles is 1. The summed E-state index contributed by atoms with van der Waals surface area (Å²) in [6.45, 7) is 4.18. The predicted molar refractivity (Wildman–Crippen MR) is 68.7 cm³/mol. The van der Waals surface area contributed by atoms with E-state index < -0.39 is 0 Å². The molecule has 0 saturated carbocycles. The first-order valence-electron chi connectivity index (χ1n) is 6.23. The summed E-state index contributed by atoms with van der Waals surface area (Å²) in [4.78, 5) is 3.80.